The second kappa shape index (κ2) is 6.76. The average Bonchev–Trinajstić information content (AvgIpc) is 3.16. The second-order valence-corrected chi connectivity index (χ2v) is 5.49. The van der Waals surface area contributed by atoms with E-state index in [1.165, 1.54) is 24.8 Å². The first kappa shape index (κ1) is 14.1. The number of unbranched alkanes of at least 4 members (excludes halogenated alkanes) is 2. The molecule has 1 fully saturated rings. The van der Waals surface area contributed by atoms with E-state index in [2.05, 4.69) is 50.3 Å². The number of benzene rings is 1. The van der Waals surface area contributed by atoms with Gasteiger partial charge in [-0.3, -0.25) is 0 Å². The molecule has 1 atom stereocenters. The molecule has 1 aromatic rings. The van der Waals surface area contributed by atoms with E-state index in [-0.39, 0.29) is 5.60 Å². The van der Waals surface area contributed by atoms with Crippen LogP contribution in [-0.2, 0) is 11.2 Å². The van der Waals surface area contributed by atoms with E-state index < -0.39 is 0 Å². The van der Waals surface area contributed by atoms with Crippen molar-refractivity contribution in [3.05, 3.63) is 42.0 Å². The van der Waals surface area contributed by atoms with Crippen LogP contribution in [0.2, 0.25) is 0 Å². The molecule has 2 heteroatoms. The maximum Gasteiger partial charge on any atom is 0.123 e. The molecule has 0 aliphatic carbocycles. The van der Waals surface area contributed by atoms with Gasteiger partial charge in [0, 0.05) is 0 Å². The molecule has 2 nitrogen and oxygen atoms in total. The van der Waals surface area contributed by atoms with Gasteiger partial charge in [-0.2, -0.15) is 0 Å². The summed E-state index contributed by atoms with van der Waals surface area (Å²) in [5.41, 5.74) is 1.35. The Morgan fingerprint density at radius 3 is 2.63 bits per heavy atom. The maximum atomic E-state index is 5.71. The van der Waals surface area contributed by atoms with Crippen molar-refractivity contribution < 1.29 is 9.47 Å². The topological polar surface area (TPSA) is 21.8 Å². The van der Waals surface area contributed by atoms with Crippen LogP contribution < -0.4 is 4.74 Å². The largest absolute Gasteiger partial charge is 0.491 e. The summed E-state index contributed by atoms with van der Waals surface area (Å²) >= 11 is 0. The Kier molecular flexibility index (Phi) is 5.03. The molecule has 0 radical (unpaired) electrons. The molecule has 1 aliphatic heterocycles. The van der Waals surface area contributed by atoms with E-state index >= 15 is 0 Å². The normalized spacial score (nSPS) is 21.8. The van der Waals surface area contributed by atoms with Crippen LogP contribution in [-0.4, -0.2) is 18.8 Å². The Morgan fingerprint density at radius 1 is 1.26 bits per heavy atom. The first-order chi connectivity index (χ1) is 9.22. The zero-order chi connectivity index (χ0) is 13.6. The van der Waals surface area contributed by atoms with E-state index in [0.29, 0.717) is 6.61 Å². The number of epoxide rings is 1. The average molecular weight is 260 g/mol. The lowest BCUT2D eigenvalue weighted by molar-refractivity contribution is 0.202. The van der Waals surface area contributed by atoms with Crippen LogP contribution >= 0.6 is 0 Å². The molecule has 1 unspecified atom stereocenters. The number of rotatable bonds is 8. The Balaban J connectivity index is 1.68. The van der Waals surface area contributed by atoms with Crippen molar-refractivity contribution in [1.82, 2.24) is 0 Å². The van der Waals surface area contributed by atoms with Gasteiger partial charge in [-0.15, -0.1) is 0 Å². The van der Waals surface area contributed by atoms with Crippen molar-refractivity contribution >= 4 is 0 Å². The molecule has 1 heterocycles. The lowest BCUT2D eigenvalue weighted by Crippen LogP contribution is -2.16. The molecular weight excluding hydrogens is 236 g/mol. The quantitative estimate of drug-likeness (QED) is 0.398. The minimum Gasteiger partial charge on any atom is -0.491 e. The van der Waals surface area contributed by atoms with Crippen molar-refractivity contribution in [2.45, 2.75) is 45.1 Å². The molecule has 1 aliphatic rings. The number of aryl methyl sites for hydroxylation is 1. The monoisotopic (exact) mass is 260 g/mol. The molecule has 0 spiro atoms. The fourth-order valence-corrected chi connectivity index (χ4v) is 1.95. The smallest absolute Gasteiger partial charge is 0.123 e. The minimum atomic E-state index is -0.0362. The van der Waals surface area contributed by atoms with E-state index in [4.69, 9.17) is 9.47 Å². The van der Waals surface area contributed by atoms with Crippen LogP contribution in [0.4, 0.5) is 0 Å². The van der Waals surface area contributed by atoms with Crippen LogP contribution in [0.5, 0.6) is 5.75 Å². The highest BCUT2D eigenvalue weighted by molar-refractivity contribution is 5.27. The summed E-state index contributed by atoms with van der Waals surface area (Å²) in [4.78, 5) is 0. The number of hydrogen-bond acceptors (Lipinski definition) is 2. The third kappa shape index (κ3) is 5.07. The molecule has 0 N–H and O–H groups in total. The Bertz CT molecular complexity index is 402. The second-order valence-electron chi connectivity index (χ2n) is 5.49. The molecule has 0 bridgehead atoms. The summed E-state index contributed by atoms with van der Waals surface area (Å²) < 4.78 is 11.0. The summed E-state index contributed by atoms with van der Waals surface area (Å²) in [5, 5.41) is 0. The Labute approximate surface area is 116 Å². The van der Waals surface area contributed by atoms with Gasteiger partial charge in [-0.1, -0.05) is 24.3 Å². The van der Waals surface area contributed by atoms with E-state index in [1.807, 2.05) is 0 Å². The summed E-state index contributed by atoms with van der Waals surface area (Å²) in [6.45, 7) is 5.62. The first-order valence-electron chi connectivity index (χ1n) is 7.19. The van der Waals surface area contributed by atoms with Gasteiger partial charge >= 0.3 is 0 Å². The van der Waals surface area contributed by atoms with Crippen LogP contribution in [0.15, 0.2) is 36.4 Å². The van der Waals surface area contributed by atoms with Crippen molar-refractivity contribution in [3.63, 3.8) is 0 Å². The van der Waals surface area contributed by atoms with E-state index in [0.717, 1.165) is 18.8 Å². The molecular formula is C17H24O2. The predicted octanol–water partition coefficient (Wildman–Crippen LogP) is 4.14. The van der Waals surface area contributed by atoms with Gasteiger partial charge in [0.2, 0.25) is 0 Å². The third-order valence-corrected chi connectivity index (χ3v) is 3.43. The van der Waals surface area contributed by atoms with Crippen LogP contribution in [0.1, 0.15) is 38.7 Å². The minimum absolute atomic E-state index is 0.0362. The Hall–Kier alpha value is -1.28. The van der Waals surface area contributed by atoms with Gasteiger partial charge in [0.15, 0.2) is 0 Å². The highest BCUT2D eigenvalue weighted by atomic mass is 16.6. The fraction of sp³-hybridized carbons (Fsp3) is 0.529. The van der Waals surface area contributed by atoms with Gasteiger partial charge in [-0.05, 0) is 57.2 Å². The van der Waals surface area contributed by atoms with Gasteiger partial charge in [0.05, 0.1) is 6.61 Å². The number of allylic oxidation sites excluding steroid dienone is 2. The summed E-state index contributed by atoms with van der Waals surface area (Å²) in [7, 11) is 0. The molecule has 1 saturated heterocycles. The van der Waals surface area contributed by atoms with E-state index in [1.54, 1.807) is 0 Å². The third-order valence-electron chi connectivity index (χ3n) is 3.43. The van der Waals surface area contributed by atoms with Crippen molar-refractivity contribution in [2.75, 3.05) is 13.2 Å². The molecule has 104 valence electrons. The molecule has 0 aromatic heterocycles. The SMILES string of the molecule is C/C=C/CCCCc1ccc(OCC2(C)CO2)cc1. The van der Waals surface area contributed by atoms with Crippen molar-refractivity contribution in [2.24, 2.45) is 0 Å². The molecule has 0 amide bonds. The van der Waals surface area contributed by atoms with Gasteiger partial charge in [0.25, 0.3) is 0 Å². The molecule has 2 rings (SSSR count). The van der Waals surface area contributed by atoms with Crippen molar-refractivity contribution in [1.29, 1.82) is 0 Å². The Morgan fingerprint density at radius 2 is 2.00 bits per heavy atom. The van der Waals surface area contributed by atoms with Gasteiger partial charge in [-0.25, -0.2) is 0 Å². The highest BCUT2D eigenvalue weighted by Gasteiger charge is 2.40. The van der Waals surface area contributed by atoms with Gasteiger partial charge in [0.1, 0.15) is 18.0 Å². The molecule has 1 aromatic carbocycles. The van der Waals surface area contributed by atoms with Gasteiger partial charge < -0.3 is 9.47 Å². The fourth-order valence-electron chi connectivity index (χ4n) is 1.95. The lowest BCUT2D eigenvalue weighted by Gasteiger charge is -2.09. The maximum absolute atomic E-state index is 5.71. The first-order valence-corrected chi connectivity index (χ1v) is 7.19. The van der Waals surface area contributed by atoms with Crippen LogP contribution in [0.3, 0.4) is 0 Å². The van der Waals surface area contributed by atoms with Crippen LogP contribution in [0, 0.1) is 0 Å². The predicted molar refractivity (Wildman–Crippen MR) is 78.7 cm³/mol. The standard InChI is InChI=1S/C17H24O2/c1-3-4-5-6-7-8-15-9-11-16(12-10-15)18-13-17(2)14-19-17/h3-4,9-12H,5-8,13-14H2,1-2H3/b4-3+. The van der Waals surface area contributed by atoms with E-state index in [9.17, 15) is 0 Å². The van der Waals surface area contributed by atoms with Crippen molar-refractivity contribution in [3.8, 4) is 5.75 Å². The summed E-state index contributed by atoms with van der Waals surface area (Å²) in [6.07, 6.45) is 9.21. The zero-order valence-corrected chi connectivity index (χ0v) is 12.0. The highest BCUT2D eigenvalue weighted by Crippen LogP contribution is 2.27. The summed E-state index contributed by atoms with van der Waals surface area (Å²) in [5.74, 6) is 0.939. The number of ether oxygens (including phenoxy) is 2. The number of hydrogen-bond donors (Lipinski definition) is 0. The lowest BCUT2D eigenvalue weighted by atomic mass is 10.1. The molecule has 19 heavy (non-hydrogen) atoms. The molecule has 0 saturated carbocycles. The van der Waals surface area contributed by atoms with Crippen LogP contribution in [0.25, 0.3) is 0 Å². The summed E-state index contributed by atoms with van der Waals surface area (Å²) in [6, 6.07) is 8.46. The zero-order valence-electron chi connectivity index (χ0n) is 12.0.